The van der Waals surface area contributed by atoms with Crippen LogP contribution in [0.25, 0.3) is 0 Å². The van der Waals surface area contributed by atoms with Crippen LogP contribution in [-0.2, 0) is 33.1 Å². The molecule has 0 atom stereocenters. The van der Waals surface area contributed by atoms with E-state index in [9.17, 15) is 21.4 Å². The minimum absolute atomic E-state index is 0.0537. The first kappa shape index (κ1) is 15.1. The van der Waals surface area contributed by atoms with Crippen molar-refractivity contribution in [3.63, 3.8) is 0 Å². The monoisotopic (exact) mass is 294 g/mol. The molecule has 0 saturated heterocycles. The van der Waals surface area contributed by atoms with E-state index in [1.807, 2.05) is 0 Å². The Morgan fingerprint density at radius 2 is 1.50 bits per heavy atom. The van der Waals surface area contributed by atoms with Crippen LogP contribution in [0, 0.1) is 0 Å². The van der Waals surface area contributed by atoms with Gasteiger partial charge in [0.25, 0.3) is 20.2 Å². The maximum Gasteiger partial charge on any atom is 0.295 e. The largest absolute Gasteiger partial charge is 0.295 e. The maximum atomic E-state index is 11.4. The number of benzene rings is 1. The summed E-state index contributed by atoms with van der Waals surface area (Å²) in [5, 5.41) is 0. The third-order valence-corrected chi connectivity index (χ3v) is 4.53. The van der Waals surface area contributed by atoms with Crippen molar-refractivity contribution in [2.45, 2.75) is 36.5 Å². The van der Waals surface area contributed by atoms with Crippen molar-refractivity contribution >= 4 is 20.2 Å². The van der Waals surface area contributed by atoms with Crippen LogP contribution in [0.4, 0.5) is 0 Å². The van der Waals surface area contributed by atoms with Gasteiger partial charge in [0.2, 0.25) is 0 Å². The molecule has 2 N–H and O–H groups in total. The smallest absolute Gasteiger partial charge is 0.282 e. The van der Waals surface area contributed by atoms with E-state index in [0.717, 1.165) is 6.07 Å². The van der Waals surface area contributed by atoms with Crippen molar-refractivity contribution in [3.05, 3.63) is 23.3 Å². The van der Waals surface area contributed by atoms with Crippen LogP contribution in [0.1, 0.15) is 25.0 Å². The molecule has 6 nitrogen and oxygen atoms in total. The Morgan fingerprint density at radius 1 is 0.944 bits per heavy atom. The van der Waals surface area contributed by atoms with Crippen LogP contribution >= 0.6 is 0 Å². The summed E-state index contributed by atoms with van der Waals surface area (Å²) in [6.07, 6.45) is 0.367. The van der Waals surface area contributed by atoms with Crippen LogP contribution in [0.2, 0.25) is 0 Å². The Kier molecular flexibility index (Phi) is 4.16. The molecular formula is C10H14O6S2. The highest BCUT2D eigenvalue weighted by molar-refractivity contribution is 7.86. The van der Waals surface area contributed by atoms with Crippen LogP contribution in [0.5, 0.6) is 0 Å². The predicted octanol–water partition coefficient (Wildman–Crippen LogP) is 1.30. The van der Waals surface area contributed by atoms with E-state index in [2.05, 4.69) is 0 Å². The van der Waals surface area contributed by atoms with Gasteiger partial charge in [-0.3, -0.25) is 9.11 Å². The van der Waals surface area contributed by atoms with E-state index in [4.69, 9.17) is 4.55 Å². The van der Waals surface area contributed by atoms with Gasteiger partial charge in [0.15, 0.2) is 0 Å². The molecule has 102 valence electrons. The molecule has 1 aromatic rings. The minimum Gasteiger partial charge on any atom is -0.282 e. The fraction of sp³-hybridized carbons (Fsp3) is 0.400. The van der Waals surface area contributed by atoms with Gasteiger partial charge in [-0.1, -0.05) is 19.9 Å². The summed E-state index contributed by atoms with van der Waals surface area (Å²) >= 11 is 0. The summed E-state index contributed by atoms with van der Waals surface area (Å²) in [7, 11) is -9.08. The van der Waals surface area contributed by atoms with Crippen LogP contribution in [-0.4, -0.2) is 25.9 Å². The van der Waals surface area contributed by atoms with Crippen molar-refractivity contribution in [1.29, 1.82) is 0 Å². The molecule has 1 aromatic carbocycles. The second kappa shape index (κ2) is 4.96. The molecule has 8 heteroatoms. The lowest BCUT2D eigenvalue weighted by molar-refractivity contribution is 0.478. The standard InChI is InChI=1S/C10H14O6S2/c1-3-7-5-6-9(17(11,12)13)8(4-2)10(7)18(14,15)16/h5-6H,3-4H2,1-2H3,(H,11,12,13)(H,14,15,16). The van der Waals surface area contributed by atoms with Gasteiger partial charge >= 0.3 is 0 Å². The zero-order valence-electron chi connectivity index (χ0n) is 9.91. The highest BCUT2D eigenvalue weighted by Gasteiger charge is 2.25. The highest BCUT2D eigenvalue weighted by Crippen LogP contribution is 2.28. The van der Waals surface area contributed by atoms with E-state index in [-0.39, 0.29) is 12.0 Å². The van der Waals surface area contributed by atoms with Gasteiger partial charge in [0, 0.05) is 0 Å². The first-order valence-electron chi connectivity index (χ1n) is 5.22. The fourth-order valence-corrected chi connectivity index (χ4v) is 3.81. The van der Waals surface area contributed by atoms with E-state index in [1.54, 1.807) is 6.92 Å². The Bertz CT molecular complexity index is 658. The molecule has 0 saturated carbocycles. The molecule has 0 spiro atoms. The Balaban J connectivity index is 3.87. The topological polar surface area (TPSA) is 109 Å². The zero-order valence-corrected chi connectivity index (χ0v) is 11.5. The summed E-state index contributed by atoms with van der Waals surface area (Å²) < 4.78 is 63.3. The minimum atomic E-state index is -4.55. The van der Waals surface area contributed by atoms with Crippen molar-refractivity contribution in [2.75, 3.05) is 0 Å². The Labute approximate surface area is 106 Å². The molecule has 0 unspecified atom stereocenters. The molecule has 0 aliphatic heterocycles. The molecule has 0 fully saturated rings. The SMILES string of the molecule is CCc1ccc(S(=O)(=O)O)c(CC)c1S(=O)(=O)O. The normalized spacial score (nSPS) is 12.7. The van der Waals surface area contributed by atoms with Crippen LogP contribution < -0.4 is 0 Å². The first-order chi connectivity index (χ1) is 8.12. The quantitative estimate of drug-likeness (QED) is 0.810. The van der Waals surface area contributed by atoms with E-state index in [0.29, 0.717) is 12.0 Å². The van der Waals surface area contributed by atoms with E-state index in [1.165, 1.54) is 13.0 Å². The van der Waals surface area contributed by atoms with Gasteiger partial charge in [0.05, 0.1) is 4.90 Å². The molecule has 0 aliphatic rings. The summed E-state index contributed by atoms with van der Waals surface area (Å²) in [4.78, 5) is -0.919. The Morgan fingerprint density at radius 3 is 1.83 bits per heavy atom. The summed E-state index contributed by atoms with van der Waals surface area (Å²) in [5.41, 5.74) is 0.209. The summed E-state index contributed by atoms with van der Waals surface area (Å²) in [6.45, 7) is 3.22. The molecule has 0 radical (unpaired) electrons. The fourth-order valence-electron chi connectivity index (χ4n) is 1.83. The van der Waals surface area contributed by atoms with Crippen molar-refractivity contribution in [2.24, 2.45) is 0 Å². The third-order valence-electron chi connectivity index (χ3n) is 2.57. The first-order valence-corrected chi connectivity index (χ1v) is 8.10. The van der Waals surface area contributed by atoms with Crippen molar-refractivity contribution in [3.8, 4) is 0 Å². The predicted molar refractivity (Wildman–Crippen MR) is 64.8 cm³/mol. The maximum absolute atomic E-state index is 11.4. The lowest BCUT2D eigenvalue weighted by Crippen LogP contribution is -2.12. The average molecular weight is 294 g/mol. The molecule has 0 heterocycles. The third kappa shape index (κ3) is 2.89. The van der Waals surface area contributed by atoms with Gasteiger partial charge in [-0.05, 0) is 30.0 Å². The summed E-state index contributed by atoms with van der Waals surface area (Å²) in [6, 6.07) is 2.41. The molecule has 1 rings (SSSR count). The molecule has 18 heavy (non-hydrogen) atoms. The number of rotatable bonds is 4. The van der Waals surface area contributed by atoms with Gasteiger partial charge in [-0.25, -0.2) is 0 Å². The number of hydrogen-bond donors (Lipinski definition) is 2. The number of aryl methyl sites for hydroxylation is 1. The zero-order chi connectivity index (χ0) is 14.1. The van der Waals surface area contributed by atoms with E-state index < -0.39 is 30.0 Å². The second-order valence-electron chi connectivity index (χ2n) is 3.69. The highest BCUT2D eigenvalue weighted by atomic mass is 32.2. The van der Waals surface area contributed by atoms with Crippen LogP contribution in [0.3, 0.4) is 0 Å². The second-order valence-corrected chi connectivity index (χ2v) is 6.44. The van der Waals surface area contributed by atoms with Gasteiger partial charge < -0.3 is 0 Å². The van der Waals surface area contributed by atoms with Gasteiger partial charge in [-0.15, -0.1) is 0 Å². The van der Waals surface area contributed by atoms with Crippen molar-refractivity contribution in [1.82, 2.24) is 0 Å². The molecular weight excluding hydrogens is 280 g/mol. The summed E-state index contributed by atoms with van der Waals surface area (Å²) in [5.74, 6) is 0. The molecule has 0 aromatic heterocycles. The lowest BCUT2D eigenvalue weighted by Gasteiger charge is -2.13. The van der Waals surface area contributed by atoms with E-state index >= 15 is 0 Å². The molecule has 0 amide bonds. The average Bonchev–Trinajstić information content (AvgIpc) is 2.24. The van der Waals surface area contributed by atoms with Crippen molar-refractivity contribution < 1.29 is 25.9 Å². The number of hydrogen-bond acceptors (Lipinski definition) is 4. The van der Waals surface area contributed by atoms with Gasteiger partial charge in [0.1, 0.15) is 4.90 Å². The lowest BCUT2D eigenvalue weighted by atomic mass is 10.1. The molecule has 0 aliphatic carbocycles. The molecule has 0 bridgehead atoms. The van der Waals surface area contributed by atoms with Gasteiger partial charge in [-0.2, -0.15) is 16.8 Å². The van der Waals surface area contributed by atoms with Crippen LogP contribution in [0.15, 0.2) is 21.9 Å². The Hall–Kier alpha value is -0.960.